The van der Waals surface area contributed by atoms with Crippen LogP contribution >= 0.6 is 0 Å². The normalized spacial score (nSPS) is 18.9. The van der Waals surface area contributed by atoms with Gasteiger partial charge in [-0.3, -0.25) is 4.79 Å². The molecule has 0 fully saturated rings. The van der Waals surface area contributed by atoms with Crippen LogP contribution in [0.15, 0.2) is 59.8 Å². The van der Waals surface area contributed by atoms with E-state index in [0.29, 0.717) is 17.2 Å². The van der Waals surface area contributed by atoms with E-state index in [1.54, 1.807) is 21.1 Å². The minimum atomic E-state index is -0.656. The van der Waals surface area contributed by atoms with E-state index in [2.05, 4.69) is 10.5 Å². The Morgan fingerprint density at radius 1 is 1.03 bits per heavy atom. The minimum absolute atomic E-state index is 0.206. The average Bonchev–Trinajstić information content (AvgIpc) is 2.76. The van der Waals surface area contributed by atoms with Gasteiger partial charge < -0.3 is 20.0 Å². The lowest BCUT2D eigenvalue weighted by Gasteiger charge is -2.34. The van der Waals surface area contributed by atoms with Crippen LogP contribution in [0.2, 0.25) is 0 Å². The zero-order chi connectivity index (χ0) is 20.5. The van der Waals surface area contributed by atoms with Gasteiger partial charge in [0.05, 0.1) is 25.8 Å². The zero-order valence-electron chi connectivity index (χ0n) is 16.5. The maximum Gasteiger partial charge on any atom is 0.234 e. The van der Waals surface area contributed by atoms with E-state index in [1.807, 2.05) is 54.6 Å². The van der Waals surface area contributed by atoms with Crippen molar-refractivity contribution in [1.82, 2.24) is 0 Å². The summed E-state index contributed by atoms with van der Waals surface area (Å²) in [5, 5.41) is 17.9. The van der Waals surface area contributed by atoms with Gasteiger partial charge in [-0.25, -0.2) is 0 Å². The van der Waals surface area contributed by atoms with Gasteiger partial charge in [-0.05, 0) is 47.0 Å². The molecule has 0 saturated carbocycles. The van der Waals surface area contributed by atoms with E-state index < -0.39 is 5.92 Å². The second-order valence-electron chi connectivity index (χ2n) is 7.05. The zero-order valence-corrected chi connectivity index (χ0v) is 16.5. The fourth-order valence-electron chi connectivity index (χ4n) is 4.17. The monoisotopic (exact) mass is 390 g/mol. The second kappa shape index (κ2) is 7.47. The predicted molar refractivity (Wildman–Crippen MR) is 112 cm³/mol. The molecule has 2 N–H and O–H groups in total. The van der Waals surface area contributed by atoms with Gasteiger partial charge in [0.15, 0.2) is 11.5 Å². The highest BCUT2D eigenvalue weighted by Crippen LogP contribution is 2.46. The van der Waals surface area contributed by atoms with Crippen LogP contribution in [-0.4, -0.2) is 31.0 Å². The Labute approximate surface area is 168 Å². The number of hydrogen-bond donors (Lipinski definition) is 2. The number of carbonyl (C=O) groups is 1. The molecule has 0 aromatic heterocycles. The lowest BCUT2D eigenvalue weighted by atomic mass is 9.73. The summed E-state index contributed by atoms with van der Waals surface area (Å²) in [6.45, 7) is 1.66. The summed E-state index contributed by atoms with van der Waals surface area (Å²) in [4.78, 5) is 13.0. The van der Waals surface area contributed by atoms with Crippen molar-refractivity contribution in [1.29, 1.82) is 0 Å². The van der Waals surface area contributed by atoms with Crippen molar-refractivity contribution in [2.75, 3.05) is 19.5 Å². The van der Waals surface area contributed by atoms with Crippen LogP contribution < -0.4 is 14.8 Å². The van der Waals surface area contributed by atoms with Gasteiger partial charge in [0.2, 0.25) is 5.91 Å². The van der Waals surface area contributed by atoms with Gasteiger partial charge in [0.1, 0.15) is 0 Å². The van der Waals surface area contributed by atoms with Gasteiger partial charge in [-0.1, -0.05) is 41.6 Å². The molecule has 0 spiro atoms. The Kier molecular flexibility index (Phi) is 4.84. The van der Waals surface area contributed by atoms with Gasteiger partial charge in [0.25, 0.3) is 0 Å². The Hall–Kier alpha value is -3.54. The number of carbonyl (C=O) groups excluding carboxylic acids is 1. The van der Waals surface area contributed by atoms with Crippen LogP contribution in [0.1, 0.15) is 24.0 Å². The number of nitrogens with one attached hydrogen (secondary N) is 1. The average molecular weight is 390 g/mol. The van der Waals surface area contributed by atoms with Gasteiger partial charge in [-0.2, -0.15) is 0 Å². The van der Waals surface area contributed by atoms with Crippen molar-refractivity contribution >= 4 is 28.1 Å². The summed E-state index contributed by atoms with van der Waals surface area (Å²) < 4.78 is 10.9. The molecule has 2 atom stereocenters. The third-order valence-corrected chi connectivity index (χ3v) is 5.53. The topological polar surface area (TPSA) is 80.2 Å². The van der Waals surface area contributed by atoms with Crippen molar-refractivity contribution in [2.45, 2.75) is 12.8 Å². The number of fused-ring (bicyclic) bond motifs is 3. The number of hydrogen-bond acceptors (Lipinski definition) is 5. The van der Waals surface area contributed by atoms with E-state index >= 15 is 0 Å². The molecule has 0 unspecified atom stereocenters. The minimum Gasteiger partial charge on any atom is -0.493 e. The van der Waals surface area contributed by atoms with E-state index in [4.69, 9.17) is 9.47 Å². The molecule has 1 aliphatic rings. The van der Waals surface area contributed by atoms with E-state index in [1.165, 1.54) is 0 Å². The summed E-state index contributed by atoms with van der Waals surface area (Å²) in [5.41, 5.74) is 2.97. The maximum absolute atomic E-state index is 13.0. The molecule has 6 heteroatoms. The first-order chi connectivity index (χ1) is 14.1. The third kappa shape index (κ3) is 3.06. The fourth-order valence-corrected chi connectivity index (χ4v) is 4.17. The van der Waals surface area contributed by atoms with Crippen molar-refractivity contribution < 1.29 is 19.5 Å². The molecule has 3 aromatic rings. The highest BCUT2D eigenvalue weighted by molar-refractivity contribution is 6.13. The summed E-state index contributed by atoms with van der Waals surface area (Å²) in [6.07, 6.45) is 0. The largest absolute Gasteiger partial charge is 0.493 e. The number of nitrogens with zero attached hydrogens (tertiary/aromatic N) is 1. The summed E-state index contributed by atoms with van der Waals surface area (Å²) in [7, 11) is 3.16. The third-order valence-electron chi connectivity index (χ3n) is 5.53. The molecule has 0 bridgehead atoms. The smallest absolute Gasteiger partial charge is 0.234 e. The van der Waals surface area contributed by atoms with Gasteiger partial charge >= 0.3 is 0 Å². The first-order valence-corrected chi connectivity index (χ1v) is 9.32. The van der Waals surface area contributed by atoms with Gasteiger partial charge in [-0.15, -0.1) is 0 Å². The van der Waals surface area contributed by atoms with Crippen molar-refractivity contribution in [3.8, 4) is 11.5 Å². The molecule has 6 nitrogen and oxygen atoms in total. The molecule has 4 rings (SSSR count). The second-order valence-corrected chi connectivity index (χ2v) is 7.05. The predicted octanol–water partition coefficient (Wildman–Crippen LogP) is 4.41. The summed E-state index contributed by atoms with van der Waals surface area (Å²) in [5.74, 6) is -0.0197. The number of rotatable bonds is 4. The standard InChI is InChI=1S/C23H22N2O4/c1-13(25-27)20-21(15-9-11-18(28-2)19(12-15)29-3)22-16-7-5-4-6-14(16)8-10-17(22)24-23(20)26/h4-12,20-21,27H,1-3H3,(H,24,26)/b25-13+/t20-,21-/m1/s1. The number of anilines is 1. The van der Waals surface area contributed by atoms with E-state index in [9.17, 15) is 10.0 Å². The van der Waals surface area contributed by atoms with Gasteiger partial charge in [0, 0.05) is 11.6 Å². The maximum atomic E-state index is 13.0. The molecule has 148 valence electrons. The fraction of sp³-hybridized carbons (Fsp3) is 0.217. The van der Waals surface area contributed by atoms with Crippen LogP contribution in [0.25, 0.3) is 10.8 Å². The molecule has 0 saturated heterocycles. The van der Waals surface area contributed by atoms with Crippen molar-refractivity contribution in [3.63, 3.8) is 0 Å². The van der Waals surface area contributed by atoms with Crippen LogP contribution in [0, 0.1) is 5.92 Å². The number of oxime groups is 1. The van der Waals surface area contributed by atoms with Crippen LogP contribution in [0.4, 0.5) is 5.69 Å². The van der Waals surface area contributed by atoms with Crippen LogP contribution in [-0.2, 0) is 4.79 Å². The molecule has 1 aliphatic heterocycles. The molecule has 1 amide bonds. The van der Waals surface area contributed by atoms with Crippen LogP contribution in [0.5, 0.6) is 11.5 Å². The SMILES string of the molecule is COc1ccc([C@H]2c3c(ccc4ccccc34)NC(=O)[C@@H]2/C(C)=N/O)cc1OC. The highest BCUT2D eigenvalue weighted by atomic mass is 16.5. The lowest BCUT2D eigenvalue weighted by molar-refractivity contribution is -0.118. The Balaban J connectivity index is 2.03. The first-order valence-electron chi connectivity index (χ1n) is 9.32. The number of ether oxygens (including phenoxy) is 2. The van der Waals surface area contributed by atoms with E-state index in [0.717, 1.165) is 27.6 Å². The lowest BCUT2D eigenvalue weighted by Crippen LogP contribution is -2.38. The Morgan fingerprint density at radius 3 is 2.52 bits per heavy atom. The molecule has 1 heterocycles. The summed E-state index contributed by atoms with van der Waals surface area (Å²) in [6, 6.07) is 17.6. The molecular formula is C23H22N2O4. The van der Waals surface area contributed by atoms with Crippen LogP contribution in [0.3, 0.4) is 0 Å². The molecular weight excluding hydrogens is 368 g/mol. The van der Waals surface area contributed by atoms with Crippen molar-refractivity contribution in [2.24, 2.45) is 11.1 Å². The number of benzene rings is 3. The quantitative estimate of drug-likeness (QED) is 0.393. The Bertz CT molecular complexity index is 1120. The number of methoxy groups -OCH3 is 2. The first kappa shape index (κ1) is 18.8. The number of amides is 1. The van der Waals surface area contributed by atoms with Crippen molar-refractivity contribution in [3.05, 3.63) is 65.7 Å². The van der Waals surface area contributed by atoms with E-state index in [-0.39, 0.29) is 11.8 Å². The molecule has 0 radical (unpaired) electrons. The molecule has 29 heavy (non-hydrogen) atoms. The Morgan fingerprint density at radius 2 is 1.79 bits per heavy atom. The summed E-state index contributed by atoms with van der Waals surface area (Å²) >= 11 is 0. The highest BCUT2D eigenvalue weighted by Gasteiger charge is 2.40. The molecule has 0 aliphatic carbocycles. The molecule has 3 aromatic carbocycles.